The third-order valence-corrected chi connectivity index (χ3v) is 1.24. The molecule has 0 aliphatic rings. The van der Waals surface area contributed by atoms with Crippen LogP contribution in [0.2, 0.25) is 0 Å². The summed E-state index contributed by atoms with van der Waals surface area (Å²) in [6.07, 6.45) is 1.13. The molecule has 0 aromatic carbocycles. The lowest BCUT2D eigenvalue weighted by atomic mass is 10.6. The lowest BCUT2D eigenvalue weighted by molar-refractivity contribution is 0.641. The summed E-state index contributed by atoms with van der Waals surface area (Å²) in [6.45, 7) is 0. The Morgan fingerprint density at radius 3 is 3.33 bits per heavy atom. The van der Waals surface area contributed by atoms with Crippen LogP contribution in [0.5, 0.6) is 0 Å². The molecule has 1 aromatic heterocycles. The van der Waals surface area contributed by atoms with Crippen LogP contribution < -0.4 is 0 Å². The van der Waals surface area contributed by atoms with Crippen molar-refractivity contribution < 1.29 is 4.65 Å². The normalized spacial score (nSPS) is 10.2. The zero-order chi connectivity index (χ0) is 6.53. The molecule has 0 aliphatic carbocycles. The van der Waals surface area contributed by atoms with E-state index in [1.807, 2.05) is 0 Å². The van der Waals surface area contributed by atoms with Crippen LogP contribution in [-0.2, 0) is 4.65 Å². The summed E-state index contributed by atoms with van der Waals surface area (Å²) >= 11 is 1.47. The Bertz CT molecular complexity index is 186. The Morgan fingerprint density at radius 2 is 2.78 bits per heavy atom. The fraction of sp³-hybridized carbons (Fsp3) is 0. The van der Waals surface area contributed by atoms with Crippen molar-refractivity contribution in [2.45, 2.75) is 0 Å². The van der Waals surface area contributed by atoms with Gasteiger partial charge in [0.1, 0.15) is 0 Å². The van der Waals surface area contributed by atoms with E-state index in [0.717, 1.165) is 6.40 Å². The summed E-state index contributed by atoms with van der Waals surface area (Å²) in [5.74, 6) is 0.616. The van der Waals surface area contributed by atoms with Gasteiger partial charge < -0.3 is 4.65 Å². The molecule has 0 atom stereocenters. The van der Waals surface area contributed by atoms with E-state index < -0.39 is 0 Å². The van der Waals surface area contributed by atoms with E-state index in [9.17, 15) is 0 Å². The summed E-state index contributed by atoms with van der Waals surface area (Å²) in [5, 5.41) is 1.79. The molecule has 5 heteroatoms. The van der Waals surface area contributed by atoms with Crippen LogP contribution >= 0.6 is 11.3 Å². The molecule has 0 saturated heterocycles. The van der Waals surface area contributed by atoms with E-state index in [-0.39, 0.29) is 0 Å². The molecule has 0 fully saturated rings. The molecule has 0 spiro atoms. The van der Waals surface area contributed by atoms with Crippen molar-refractivity contribution in [3.63, 3.8) is 0 Å². The lowest BCUT2D eigenvalue weighted by Crippen LogP contribution is -1.76. The number of nitrogens with zero attached hydrogens (tertiary/aromatic N) is 2. The van der Waals surface area contributed by atoms with Gasteiger partial charge >= 0.3 is 8.05 Å². The van der Waals surface area contributed by atoms with Crippen molar-refractivity contribution in [3.05, 3.63) is 10.9 Å². The number of thiazole rings is 1. The maximum atomic E-state index is 4.67. The molecule has 1 heterocycles. The Kier molecular flexibility index (Phi) is 2.26. The Balaban J connectivity index is 2.57. The largest absolute Gasteiger partial charge is 0.560 e. The second-order valence-corrected chi connectivity index (χ2v) is 1.94. The van der Waals surface area contributed by atoms with E-state index in [1.165, 1.54) is 11.3 Å². The van der Waals surface area contributed by atoms with Gasteiger partial charge in [-0.25, -0.2) is 9.98 Å². The first kappa shape index (κ1) is 6.29. The highest BCUT2D eigenvalue weighted by molar-refractivity contribution is 7.07. The fourth-order valence-electron chi connectivity index (χ4n) is 0.354. The predicted molar refractivity (Wildman–Crippen MR) is 37.1 cm³/mol. The van der Waals surface area contributed by atoms with Crippen molar-refractivity contribution in [1.29, 1.82) is 0 Å². The summed E-state index contributed by atoms with van der Waals surface area (Å²) in [5.41, 5.74) is 1.68. The molecular formula is C4H3BN2OS. The highest BCUT2D eigenvalue weighted by Gasteiger charge is 1.84. The molecule has 2 radical (unpaired) electrons. The van der Waals surface area contributed by atoms with E-state index >= 15 is 0 Å². The first-order valence-corrected chi connectivity index (χ1v) is 3.14. The highest BCUT2D eigenvalue weighted by Crippen LogP contribution is 2.09. The highest BCUT2D eigenvalue weighted by atomic mass is 32.1. The monoisotopic (exact) mass is 138 g/mol. The zero-order valence-corrected chi connectivity index (χ0v) is 5.34. The molecule has 0 N–H and O–H groups in total. The van der Waals surface area contributed by atoms with Crippen LogP contribution in [0.25, 0.3) is 0 Å². The molecule has 1 rings (SSSR count). The third-order valence-electron chi connectivity index (χ3n) is 0.665. The first-order chi connectivity index (χ1) is 4.43. The minimum absolute atomic E-state index is 0.616. The van der Waals surface area contributed by atoms with Crippen molar-refractivity contribution in [1.82, 2.24) is 4.98 Å². The van der Waals surface area contributed by atoms with Crippen LogP contribution in [0.4, 0.5) is 5.82 Å². The maximum Gasteiger partial charge on any atom is 0.375 e. The quantitative estimate of drug-likeness (QED) is 0.345. The number of rotatable bonds is 2. The molecule has 0 bridgehead atoms. The van der Waals surface area contributed by atoms with Crippen molar-refractivity contribution in [2.75, 3.05) is 0 Å². The van der Waals surface area contributed by atoms with E-state index in [0.29, 0.717) is 5.82 Å². The molecule has 9 heavy (non-hydrogen) atoms. The first-order valence-electron chi connectivity index (χ1n) is 2.20. The molecule has 0 unspecified atom stereocenters. The van der Waals surface area contributed by atoms with Gasteiger partial charge in [0.15, 0.2) is 12.2 Å². The number of hydrogen-bond donors (Lipinski definition) is 0. The van der Waals surface area contributed by atoms with E-state index in [4.69, 9.17) is 0 Å². The average molecular weight is 138 g/mol. The van der Waals surface area contributed by atoms with Gasteiger partial charge in [-0.1, -0.05) is 0 Å². The zero-order valence-electron chi connectivity index (χ0n) is 4.52. The van der Waals surface area contributed by atoms with Gasteiger partial charge in [0.05, 0.1) is 5.51 Å². The number of aliphatic imine (C=N–C) groups is 1. The topological polar surface area (TPSA) is 34.5 Å². The molecule has 0 aliphatic heterocycles. The van der Waals surface area contributed by atoms with Gasteiger partial charge in [-0.2, -0.15) is 0 Å². The minimum atomic E-state index is 0.616. The molecule has 44 valence electrons. The minimum Gasteiger partial charge on any atom is -0.560 e. The van der Waals surface area contributed by atoms with Crippen molar-refractivity contribution in [2.24, 2.45) is 4.99 Å². The standard InChI is InChI=1S/C4H3BN2OS/c5-8-2-6-4-1-9-3-7-4/h1-3H. The Labute approximate surface area is 57.9 Å². The van der Waals surface area contributed by atoms with Gasteiger partial charge in [0.2, 0.25) is 0 Å². The van der Waals surface area contributed by atoms with E-state index in [2.05, 4.69) is 22.7 Å². The summed E-state index contributed by atoms with van der Waals surface area (Å²) in [7, 11) is 4.67. The molecule has 3 nitrogen and oxygen atoms in total. The summed E-state index contributed by atoms with van der Waals surface area (Å²) in [4.78, 5) is 7.55. The number of aromatic nitrogens is 1. The third kappa shape index (κ3) is 1.85. The van der Waals surface area contributed by atoms with Gasteiger partial charge in [-0.15, -0.1) is 11.3 Å². The summed E-state index contributed by atoms with van der Waals surface area (Å²) < 4.78 is 4.09. The van der Waals surface area contributed by atoms with Gasteiger partial charge in [0.25, 0.3) is 0 Å². The van der Waals surface area contributed by atoms with Crippen LogP contribution in [-0.4, -0.2) is 19.4 Å². The molecule has 0 saturated carbocycles. The van der Waals surface area contributed by atoms with Gasteiger partial charge in [-0.3, -0.25) is 0 Å². The maximum absolute atomic E-state index is 4.67. The Morgan fingerprint density at radius 1 is 1.89 bits per heavy atom. The predicted octanol–water partition coefficient (Wildman–Crippen LogP) is 0.903. The summed E-state index contributed by atoms with van der Waals surface area (Å²) in [6, 6.07) is 0. The van der Waals surface area contributed by atoms with Crippen LogP contribution in [0, 0.1) is 0 Å². The smallest absolute Gasteiger partial charge is 0.375 e. The SMILES string of the molecule is [B]OC=Nc1cscn1. The Hall–Kier alpha value is -0.835. The van der Waals surface area contributed by atoms with E-state index in [1.54, 1.807) is 10.9 Å². The molecule has 0 amide bonds. The van der Waals surface area contributed by atoms with Gasteiger partial charge in [-0.05, 0) is 0 Å². The average Bonchev–Trinajstić information content (AvgIpc) is 2.34. The van der Waals surface area contributed by atoms with Crippen molar-refractivity contribution in [3.8, 4) is 0 Å². The second kappa shape index (κ2) is 3.24. The van der Waals surface area contributed by atoms with Crippen molar-refractivity contribution >= 4 is 31.6 Å². The lowest BCUT2D eigenvalue weighted by Gasteiger charge is -1.82. The van der Waals surface area contributed by atoms with Crippen LogP contribution in [0.3, 0.4) is 0 Å². The number of hydrogen-bond acceptors (Lipinski definition) is 4. The van der Waals surface area contributed by atoms with Crippen LogP contribution in [0.15, 0.2) is 15.9 Å². The molecular weight excluding hydrogens is 135 g/mol. The van der Waals surface area contributed by atoms with Gasteiger partial charge in [0, 0.05) is 5.38 Å². The second-order valence-electron chi connectivity index (χ2n) is 1.22. The van der Waals surface area contributed by atoms with Crippen LogP contribution in [0.1, 0.15) is 0 Å². The fourth-order valence-corrected chi connectivity index (χ4v) is 0.827. The molecule has 1 aromatic rings.